The van der Waals surface area contributed by atoms with Crippen LogP contribution in [0.15, 0.2) is 85.1 Å². The highest BCUT2D eigenvalue weighted by atomic mass is 35.5. The van der Waals surface area contributed by atoms with Crippen molar-refractivity contribution in [3.8, 4) is 16.2 Å². The Kier molecular flexibility index (Phi) is 7.14. The summed E-state index contributed by atoms with van der Waals surface area (Å²) in [6.07, 6.45) is 2.89. The van der Waals surface area contributed by atoms with E-state index < -0.39 is 0 Å². The van der Waals surface area contributed by atoms with Crippen LogP contribution in [0.1, 0.15) is 16.1 Å². The SMILES string of the molecule is Clc1cccc(CCNCc2ncc(-c3ccc(OCc4ccccc4)cc3)s2)c1. The lowest BCUT2D eigenvalue weighted by atomic mass is 10.1. The highest BCUT2D eigenvalue weighted by Gasteiger charge is 2.05. The number of rotatable bonds is 9. The molecule has 152 valence electrons. The molecule has 1 N–H and O–H groups in total. The molecule has 3 aromatic carbocycles. The fourth-order valence-electron chi connectivity index (χ4n) is 3.10. The van der Waals surface area contributed by atoms with Crippen LogP contribution in [0.25, 0.3) is 10.4 Å². The number of nitrogens with zero attached hydrogens (tertiary/aromatic N) is 1. The van der Waals surface area contributed by atoms with Crippen LogP contribution in [0.4, 0.5) is 0 Å². The topological polar surface area (TPSA) is 34.2 Å². The number of aromatic nitrogens is 1. The Morgan fingerprint density at radius 3 is 2.50 bits per heavy atom. The first-order valence-electron chi connectivity index (χ1n) is 9.93. The van der Waals surface area contributed by atoms with Gasteiger partial charge in [-0.3, -0.25) is 0 Å². The van der Waals surface area contributed by atoms with Crippen molar-refractivity contribution in [2.45, 2.75) is 19.6 Å². The van der Waals surface area contributed by atoms with Crippen LogP contribution in [0.3, 0.4) is 0 Å². The zero-order chi connectivity index (χ0) is 20.6. The molecule has 0 atom stereocenters. The molecule has 30 heavy (non-hydrogen) atoms. The minimum absolute atomic E-state index is 0.575. The molecule has 0 unspecified atom stereocenters. The first-order valence-corrected chi connectivity index (χ1v) is 11.1. The van der Waals surface area contributed by atoms with Gasteiger partial charge in [-0.15, -0.1) is 11.3 Å². The third-order valence-electron chi connectivity index (χ3n) is 4.70. The zero-order valence-electron chi connectivity index (χ0n) is 16.6. The molecule has 0 fully saturated rings. The predicted molar refractivity (Wildman–Crippen MR) is 125 cm³/mol. The van der Waals surface area contributed by atoms with E-state index in [4.69, 9.17) is 16.3 Å². The molecule has 0 saturated heterocycles. The molecule has 0 spiro atoms. The highest BCUT2D eigenvalue weighted by molar-refractivity contribution is 7.15. The van der Waals surface area contributed by atoms with Crippen molar-refractivity contribution in [3.63, 3.8) is 0 Å². The van der Waals surface area contributed by atoms with Crippen molar-refractivity contribution in [2.24, 2.45) is 0 Å². The summed E-state index contributed by atoms with van der Waals surface area (Å²) < 4.78 is 5.87. The van der Waals surface area contributed by atoms with Crippen molar-refractivity contribution in [1.82, 2.24) is 10.3 Å². The van der Waals surface area contributed by atoms with Crippen LogP contribution in [-0.2, 0) is 19.6 Å². The lowest BCUT2D eigenvalue weighted by Crippen LogP contribution is -2.16. The molecular formula is C25H23ClN2OS. The van der Waals surface area contributed by atoms with Gasteiger partial charge >= 0.3 is 0 Å². The van der Waals surface area contributed by atoms with Crippen LogP contribution in [0.5, 0.6) is 5.75 Å². The number of ether oxygens (including phenoxy) is 1. The molecule has 0 radical (unpaired) electrons. The number of benzene rings is 3. The number of nitrogens with one attached hydrogen (secondary N) is 1. The summed E-state index contributed by atoms with van der Waals surface area (Å²) in [6.45, 7) is 2.23. The first-order chi connectivity index (χ1) is 14.8. The van der Waals surface area contributed by atoms with E-state index in [0.717, 1.165) is 51.3 Å². The monoisotopic (exact) mass is 434 g/mol. The van der Waals surface area contributed by atoms with Crippen LogP contribution in [0.2, 0.25) is 5.02 Å². The molecule has 5 heteroatoms. The second kappa shape index (κ2) is 10.4. The van der Waals surface area contributed by atoms with E-state index in [1.54, 1.807) is 11.3 Å². The summed E-state index contributed by atoms with van der Waals surface area (Å²) in [5.41, 5.74) is 3.56. The van der Waals surface area contributed by atoms with E-state index in [9.17, 15) is 0 Å². The molecule has 0 bridgehead atoms. The van der Waals surface area contributed by atoms with E-state index in [2.05, 4.69) is 40.6 Å². The van der Waals surface area contributed by atoms with E-state index in [0.29, 0.717) is 6.61 Å². The van der Waals surface area contributed by atoms with Crippen LogP contribution >= 0.6 is 22.9 Å². The molecule has 1 aromatic heterocycles. The standard InChI is InChI=1S/C25H23ClN2OS/c26-22-8-4-7-19(15-22)13-14-27-17-25-28-16-24(30-25)21-9-11-23(12-10-21)29-18-20-5-2-1-3-6-20/h1-12,15-16,27H,13-14,17-18H2. The van der Waals surface area contributed by atoms with Gasteiger partial charge in [0.15, 0.2) is 0 Å². The normalized spacial score (nSPS) is 10.8. The first kappa shape index (κ1) is 20.6. The molecule has 0 saturated carbocycles. The molecule has 0 aliphatic heterocycles. The molecule has 4 aromatic rings. The van der Waals surface area contributed by atoms with Crippen molar-refractivity contribution < 1.29 is 4.74 Å². The maximum Gasteiger partial charge on any atom is 0.119 e. The third-order valence-corrected chi connectivity index (χ3v) is 5.98. The van der Waals surface area contributed by atoms with Crippen LogP contribution in [-0.4, -0.2) is 11.5 Å². The maximum absolute atomic E-state index is 6.03. The fourth-order valence-corrected chi connectivity index (χ4v) is 4.21. The Balaban J connectivity index is 1.26. The van der Waals surface area contributed by atoms with E-state index in [-0.39, 0.29) is 0 Å². The van der Waals surface area contributed by atoms with Crippen molar-refractivity contribution in [2.75, 3.05) is 6.54 Å². The number of hydrogen-bond acceptors (Lipinski definition) is 4. The van der Waals surface area contributed by atoms with E-state index >= 15 is 0 Å². The van der Waals surface area contributed by atoms with Gasteiger partial charge in [-0.05, 0) is 66.1 Å². The van der Waals surface area contributed by atoms with E-state index in [1.165, 1.54) is 5.56 Å². The van der Waals surface area contributed by atoms with Gasteiger partial charge in [0.25, 0.3) is 0 Å². The summed E-state index contributed by atoms with van der Waals surface area (Å²) in [6, 6.07) is 26.4. The molecule has 1 heterocycles. The molecule has 4 rings (SSSR count). The largest absolute Gasteiger partial charge is 0.489 e. The number of hydrogen-bond donors (Lipinski definition) is 1. The Morgan fingerprint density at radius 2 is 1.70 bits per heavy atom. The fraction of sp³-hybridized carbons (Fsp3) is 0.160. The zero-order valence-corrected chi connectivity index (χ0v) is 18.1. The molecule has 0 aliphatic carbocycles. The lowest BCUT2D eigenvalue weighted by Gasteiger charge is -2.06. The number of halogens is 1. The van der Waals surface area contributed by atoms with Gasteiger partial charge in [-0.25, -0.2) is 4.98 Å². The lowest BCUT2D eigenvalue weighted by molar-refractivity contribution is 0.306. The second-order valence-corrected chi connectivity index (χ2v) is 8.53. The Hall–Kier alpha value is -2.66. The van der Waals surface area contributed by atoms with Crippen LogP contribution < -0.4 is 10.1 Å². The quantitative estimate of drug-likeness (QED) is 0.310. The van der Waals surface area contributed by atoms with Crippen molar-refractivity contribution >= 4 is 22.9 Å². The van der Waals surface area contributed by atoms with Gasteiger partial charge in [0, 0.05) is 17.8 Å². The Morgan fingerprint density at radius 1 is 0.900 bits per heavy atom. The predicted octanol–water partition coefficient (Wildman–Crippen LogP) is 6.37. The molecule has 0 aliphatic rings. The van der Waals surface area contributed by atoms with Gasteiger partial charge in [0.1, 0.15) is 17.4 Å². The second-order valence-electron chi connectivity index (χ2n) is 6.97. The smallest absolute Gasteiger partial charge is 0.119 e. The average molecular weight is 435 g/mol. The number of thiazole rings is 1. The average Bonchev–Trinajstić information content (AvgIpc) is 3.25. The van der Waals surface area contributed by atoms with Gasteiger partial charge < -0.3 is 10.1 Å². The molecular weight excluding hydrogens is 412 g/mol. The molecule has 0 amide bonds. The maximum atomic E-state index is 6.03. The van der Waals surface area contributed by atoms with Crippen molar-refractivity contribution in [3.05, 3.63) is 106 Å². The highest BCUT2D eigenvalue weighted by Crippen LogP contribution is 2.28. The summed E-state index contributed by atoms with van der Waals surface area (Å²) in [7, 11) is 0. The van der Waals surface area contributed by atoms with Gasteiger partial charge in [-0.1, -0.05) is 54.1 Å². The summed E-state index contributed by atoms with van der Waals surface area (Å²) in [4.78, 5) is 5.72. The Bertz CT molecular complexity index is 1060. The minimum atomic E-state index is 0.575. The van der Waals surface area contributed by atoms with Crippen molar-refractivity contribution in [1.29, 1.82) is 0 Å². The summed E-state index contributed by atoms with van der Waals surface area (Å²) in [5.74, 6) is 0.870. The minimum Gasteiger partial charge on any atom is -0.489 e. The third kappa shape index (κ3) is 5.92. The summed E-state index contributed by atoms with van der Waals surface area (Å²) in [5, 5.41) is 5.33. The van der Waals surface area contributed by atoms with Gasteiger partial charge in [-0.2, -0.15) is 0 Å². The Labute approximate surface area is 186 Å². The summed E-state index contributed by atoms with van der Waals surface area (Å²) >= 11 is 7.75. The van der Waals surface area contributed by atoms with Crippen LogP contribution in [0, 0.1) is 0 Å². The van der Waals surface area contributed by atoms with Gasteiger partial charge in [0.05, 0.1) is 4.88 Å². The van der Waals surface area contributed by atoms with E-state index in [1.807, 2.05) is 54.7 Å². The van der Waals surface area contributed by atoms with Gasteiger partial charge in [0.2, 0.25) is 0 Å². The molecule has 3 nitrogen and oxygen atoms in total.